The first-order valence-corrected chi connectivity index (χ1v) is 6.96. The molecule has 0 saturated carbocycles. The zero-order chi connectivity index (χ0) is 14.7. The SMILES string of the molecule is CCCS(=O)(=O)Nc1ccc(C#N)cc1C(F)(F)F. The number of anilines is 1. The number of sulfonamides is 1. The monoisotopic (exact) mass is 292 g/mol. The largest absolute Gasteiger partial charge is 0.418 e. The van der Waals surface area contributed by atoms with Gasteiger partial charge in [-0.3, -0.25) is 4.72 Å². The van der Waals surface area contributed by atoms with E-state index in [9.17, 15) is 21.6 Å². The fourth-order valence-corrected chi connectivity index (χ4v) is 2.58. The van der Waals surface area contributed by atoms with Crippen LogP contribution in [0.1, 0.15) is 24.5 Å². The predicted octanol–water partition coefficient (Wildman–Crippen LogP) is 2.73. The van der Waals surface area contributed by atoms with E-state index in [1.54, 1.807) is 13.0 Å². The molecule has 1 aromatic carbocycles. The van der Waals surface area contributed by atoms with Crippen molar-refractivity contribution in [2.45, 2.75) is 19.5 Å². The molecule has 0 unspecified atom stereocenters. The molecular weight excluding hydrogens is 281 g/mol. The average molecular weight is 292 g/mol. The van der Waals surface area contributed by atoms with Crippen LogP contribution in [-0.4, -0.2) is 14.2 Å². The predicted molar refractivity (Wildman–Crippen MR) is 63.9 cm³/mol. The Bertz CT molecular complexity index is 603. The molecule has 0 bridgehead atoms. The van der Waals surface area contributed by atoms with Crippen molar-refractivity contribution in [2.24, 2.45) is 0 Å². The molecule has 1 N–H and O–H groups in total. The highest BCUT2D eigenvalue weighted by molar-refractivity contribution is 7.92. The second-order valence-electron chi connectivity index (χ2n) is 3.79. The molecule has 0 amide bonds. The molecule has 0 aromatic heterocycles. The van der Waals surface area contributed by atoms with Gasteiger partial charge in [0.15, 0.2) is 0 Å². The van der Waals surface area contributed by atoms with E-state index < -0.39 is 27.5 Å². The summed E-state index contributed by atoms with van der Waals surface area (Å²) in [6.07, 6.45) is -4.45. The van der Waals surface area contributed by atoms with Crippen LogP contribution in [0.4, 0.5) is 18.9 Å². The van der Waals surface area contributed by atoms with Crippen molar-refractivity contribution in [3.8, 4) is 6.07 Å². The number of rotatable bonds is 4. The molecule has 104 valence electrons. The van der Waals surface area contributed by atoms with Gasteiger partial charge in [-0.1, -0.05) is 6.92 Å². The maximum absolute atomic E-state index is 12.8. The summed E-state index contributed by atoms with van der Waals surface area (Å²) < 4.78 is 63.2. The van der Waals surface area contributed by atoms with Gasteiger partial charge in [0.25, 0.3) is 0 Å². The number of nitriles is 1. The Balaban J connectivity index is 3.26. The molecular formula is C11H11F3N2O2S. The second kappa shape index (κ2) is 5.48. The Hall–Kier alpha value is -1.75. The zero-order valence-electron chi connectivity index (χ0n) is 9.95. The van der Waals surface area contributed by atoms with Crippen LogP contribution < -0.4 is 4.72 Å². The molecule has 0 atom stereocenters. The summed E-state index contributed by atoms with van der Waals surface area (Å²) in [7, 11) is -3.82. The molecule has 8 heteroatoms. The van der Waals surface area contributed by atoms with E-state index in [4.69, 9.17) is 5.26 Å². The van der Waals surface area contributed by atoms with E-state index in [-0.39, 0.29) is 17.7 Å². The van der Waals surface area contributed by atoms with Gasteiger partial charge in [0.05, 0.1) is 28.6 Å². The standard InChI is InChI=1S/C11H11F3N2O2S/c1-2-5-19(17,18)16-10-4-3-8(7-15)6-9(10)11(12,13)14/h3-4,6,16H,2,5H2,1H3. The highest BCUT2D eigenvalue weighted by Gasteiger charge is 2.34. The average Bonchev–Trinajstić information content (AvgIpc) is 2.27. The lowest BCUT2D eigenvalue weighted by Gasteiger charge is -2.14. The van der Waals surface area contributed by atoms with Crippen molar-refractivity contribution >= 4 is 15.7 Å². The minimum atomic E-state index is -4.74. The van der Waals surface area contributed by atoms with Gasteiger partial charge in [-0.25, -0.2) is 8.42 Å². The van der Waals surface area contributed by atoms with E-state index in [0.29, 0.717) is 6.07 Å². The zero-order valence-corrected chi connectivity index (χ0v) is 10.8. The summed E-state index contributed by atoms with van der Waals surface area (Å²) in [5.41, 5.74) is -1.93. The first-order valence-electron chi connectivity index (χ1n) is 5.31. The topological polar surface area (TPSA) is 70.0 Å². The lowest BCUT2D eigenvalue weighted by Crippen LogP contribution is -2.19. The van der Waals surface area contributed by atoms with Gasteiger partial charge in [-0.2, -0.15) is 18.4 Å². The van der Waals surface area contributed by atoms with Crippen LogP contribution >= 0.6 is 0 Å². The molecule has 1 aromatic rings. The van der Waals surface area contributed by atoms with Crippen LogP contribution in [0.25, 0.3) is 0 Å². The fraction of sp³-hybridized carbons (Fsp3) is 0.364. The molecule has 0 spiro atoms. The summed E-state index contributed by atoms with van der Waals surface area (Å²) in [4.78, 5) is 0. The molecule has 0 aliphatic rings. The number of hydrogen-bond acceptors (Lipinski definition) is 3. The Kier molecular flexibility index (Phi) is 4.42. The van der Waals surface area contributed by atoms with Crippen LogP contribution in [0.3, 0.4) is 0 Å². The van der Waals surface area contributed by atoms with Crippen molar-refractivity contribution in [1.82, 2.24) is 0 Å². The van der Waals surface area contributed by atoms with E-state index in [2.05, 4.69) is 0 Å². The first kappa shape index (κ1) is 15.3. The number of benzene rings is 1. The number of hydrogen-bond donors (Lipinski definition) is 1. The Morgan fingerprint density at radius 3 is 2.47 bits per heavy atom. The van der Waals surface area contributed by atoms with Gasteiger partial charge in [0.2, 0.25) is 10.0 Å². The van der Waals surface area contributed by atoms with Crippen molar-refractivity contribution < 1.29 is 21.6 Å². The number of nitrogens with zero attached hydrogens (tertiary/aromatic N) is 1. The Labute approximate surface area is 108 Å². The van der Waals surface area contributed by atoms with Crippen molar-refractivity contribution in [3.05, 3.63) is 29.3 Å². The minimum absolute atomic E-state index is 0.189. The van der Waals surface area contributed by atoms with Crippen LogP contribution in [0.15, 0.2) is 18.2 Å². The van der Waals surface area contributed by atoms with Crippen molar-refractivity contribution in [1.29, 1.82) is 5.26 Å². The van der Waals surface area contributed by atoms with Gasteiger partial charge >= 0.3 is 6.18 Å². The quantitative estimate of drug-likeness (QED) is 0.927. The van der Waals surface area contributed by atoms with Gasteiger partial charge in [0, 0.05) is 0 Å². The van der Waals surface area contributed by atoms with Gasteiger partial charge in [-0.05, 0) is 24.6 Å². The Morgan fingerprint density at radius 1 is 1.37 bits per heavy atom. The smallest absolute Gasteiger partial charge is 0.283 e. The first-order chi connectivity index (χ1) is 8.69. The number of nitrogens with one attached hydrogen (secondary N) is 1. The lowest BCUT2D eigenvalue weighted by molar-refractivity contribution is -0.136. The minimum Gasteiger partial charge on any atom is -0.283 e. The fourth-order valence-electron chi connectivity index (χ4n) is 1.42. The molecule has 19 heavy (non-hydrogen) atoms. The highest BCUT2D eigenvalue weighted by Crippen LogP contribution is 2.35. The number of halogens is 3. The van der Waals surface area contributed by atoms with E-state index in [1.807, 2.05) is 4.72 Å². The normalized spacial score (nSPS) is 11.9. The van der Waals surface area contributed by atoms with Gasteiger partial charge in [-0.15, -0.1) is 0 Å². The third-order valence-corrected chi connectivity index (χ3v) is 3.67. The van der Waals surface area contributed by atoms with E-state index in [1.165, 1.54) is 0 Å². The third kappa shape index (κ3) is 4.13. The third-order valence-electron chi connectivity index (χ3n) is 2.19. The summed E-state index contributed by atoms with van der Waals surface area (Å²) in [5.74, 6) is -0.274. The molecule has 0 fully saturated rings. The molecule has 0 aliphatic heterocycles. The summed E-state index contributed by atoms with van der Waals surface area (Å²) in [5, 5.41) is 8.58. The van der Waals surface area contributed by atoms with E-state index in [0.717, 1.165) is 12.1 Å². The molecule has 1 rings (SSSR count). The Morgan fingerprint density at radius 2 is 2.00 bits per heavy atom. The summed E-state index contributed by atoms with van der Waals surface area (Å²) >= 11 is 0. The van der Waals surface area contributed by atoms with Crippen molar-refractivity contribution in [2.75, 3.05) is 10.5 Å². The van der Waals surface area contributed by atoms with Gasteiger partial charge in [0.1, 0.15) is 0 Å². The maximum atomic E-state index is 12.8. The molecule has 4 nitrogen and oxygen atoms in total. The van der Waals surface area contributed by atoms with Gasteiger partial charge < -0.3 is 0 Å². The van der Waals surface area contributed by atoms with E-state index >= 15 is 0 Å². The molecule has 0 heterocycles. The molecule has 0 aliphatic carbocycles. The second-order valence-corrected chi connectivity index (χ2v) is 5.63. The van der Waals surface area contributed by atoms with Crippen LogP contribution in [0, 0.1) is 11.3 Å². The summed E-state index contributed by atoms with van der Waals surface area (Å²) in [6.45, 7) is 1.60. The summed E-state index contributed by atoms with van der Waals surface area (Å²) in [6, 6.07) is 4.26. The van der Waals surface area contributed by atoms with Crippen LogP contribution in [0.5, 0.6) is 0 Å². The molecule has 0 radical (unpaired) electrons. The lowest BCUT2D eigenvalue weighted by atomic mass is 10.1. The van der Waals surface area contributed by atoms with Crippen LogP contribution in [0.2, 0.25) is 0 Å². The maximum Gasteiger partial charge on any atom is 0.418 e. The van der Waals surface area contributed by atoms with Crippen LogP contribution in [-0.2, 0) is 16.2 Å². The highest BCUT2D eigenvalue weighted by atomic mass is 32.2. The molecule has 0 saturated heterocycles. The number of alkyl halides is 3. The van der Waals surface area contributed by atoms with Crippen molar-refractivity contribution in [3.63, 3.8) is 0 Å².